The Balaban J connectivity index is 3.00. The van der Waals surface area contributed by atoms with Gasteiger partial charge in [0.15, 0.2) is 5.82 Å². The van der Waals surface area contributed by atoms with Crippen LogP contribution in [0.2, 0.25) is 0 Å². The van der Waals surface area contributed by atoms with Gasteiger partial charge in [-0.1, -0.05) is 13.8 Å². The summed E-state index contributed by atoms with van der Waals surface area (Å²) in [6, 6.07) is 2.51. The van der Waals surface area contributed by atoms with E-state index in [2.05, 4.69) is 48.0 Å². The van der Waals surface area contributed by atoms with Crippen molar-refractivity contribution in [2.45, 2.75) is 53.2 Å². The summed E-state index contributed by atoms with van der Waals surface area (Å²) in [4.78, 5) is 11.3. The second-order valence-corrected chi connectivity index (χ2v) is 4.78. The molecule has 1 N–H and O–H groups in total. The molecule has 1 aromatic heterocycles. The van der Waals surface area contributed by atoms with E-state index in [1.54, 1.807) is 0 Å². The zero-order chi connectivity index (χ0) is 15.0. The predicted molar refractivity (Wildman–Crippen MR) is 84.3 cm³/mol. The number of hydrogen-bond donors (Lipinski definition) is 1. The lowest BCUT2D eigenvalue weighted by Gasteiger charge is -2.28. The molecule has 0 spiro atoms. The van der Waals surface area contributed by atoms with E-state index < -0.39 is 0 Å². The molecule has 0 fully saturated rings. The normalized spacial score (nSPS) is 10.9. The van der Waals surface area contributed by atoms with Crippen molar-refractivity contribution in [1.29, 1.82) is 0 Å². The van der Waals surface area contributed by atoms with Gasteiger partial charge in [0.25, 0.3) is 0 Å². The molecular weight excluding hydrogens is 252 g/mol. The fourth-order valence-electron chi connectivity index (χ4n) is 2.22. The van der Waals surface area contributed by atoms with Gasteiger partial charge in [-0.3, -0.25) is 0 Å². The van der Waals surface area contributed by atoms with Gasteiger partial charge < -0.3 is 15.0 Å². The van der Waals surface area contributed by atoms with E-state index in [1.165, 1.54) is 0 Å². The summed E-state index contributed by atoms with van der Waals surface area (Å²) in [5.74, 6) is 2.56. The van der Waals surface area contributed by atoms with E-state index in [4.69, 9.17) is 4.74 Å². The number of anilines is 2. The summed E-state index contributed by atoms with van der Waals surface area (Å²) < 4.78 is 5.43. The minimum Gasteiger partial charge on any atom is -0.374 e. The molecule has 0 bridgehead atoms. The quantitative estimate of drug-likeness (QED) is 0.753. The predicted octanol–water partition coefficient (Wildman–Crippen LogP) is 3.07. The first-order chi connectivity index (χ1) is 9.65. The molecule has 0 amide bonds. The molecular formula is C15H28N4O. The maximum atomic E-state index is 5.43. The molecule has 114 valence electrons. The van der Waals surface area contributed by atoms with Crippen molar-refractivity contribution < 1.29 is 4.74 Å². The highest BCUT2D eigenvalue weighted by Crippen LogP contribution is 2.19. The van der Waals surface area contributed by atoms with Gasteiger partial charge in [-0.2, -0.15) is 0 Å². The van der Waals surface area contributed by atoms with Gasteiger partial charge in [-0.05, 0) is 26.7 Å². The average molecular weight is 280 g/mol. The van der Waals surface area contributed by atoms with Crippen LogP contribution in [0.15, 0.2) is 6.07 Å². The maximum Gasteiger partial charge on any atom is 0.158 e. The van der Waals surface area contributed by atoms with E-state index in [0.29, 0.717) is 19.3 Å². The number of ether oxygens (including phenoxy) is 1. The van der Waals surface area contributed by atoms with Crippen LogP contribution in [0.25, 0.3) is 0 Å². The highest BCUT2D eigenvalue weighted by molar-refractivity contribution is 5.49. The fraction of sp³-hybridized carbons (Fsp3) is 0.733. The van der Waals surface area contributed by atoms with Crippen LogP contribution in [0.1, 0.15) is 46.4 Å². The molecule has 0 saturated heterocycles. The Labute approximate surface area is 122 Å². The van der Waals surface area contributed by atoms with Crippen molar-refractivity contribution >= 4 is 11.6 Å². The second-order valence-electron chi connectivity index (χ2n) is 4.78. The largest absolute Gasteiger partial charge is 0.374 e. The molecule has 0 atom stereocenters. The highest BCUT2D eigenvalue weighted by atomic mass is 16.5. The third-order valence-electron chi connectivity index (χ3n) is 3.40. The summed E-state index contributed by atoms with van der Waals surface area (Å²) in [5, 5.41) is 3.26. The molecule has 0 aliphatic heterocycles. The van der Waals surface area contributed by atoms with Gasteiger partial charge in [0.1, 0.15) is 18.2 Å². The summed E-state index contributed by atoms with van der Waals surface area (Å²) in [7, 11) is 2.10. The standard InChI is InChI=1S/C15H28N4O/c1-6-12(7-2)19(5)15-10-13(16-8-3)17-14(18-15)11-20-9-4/h10,12H,6-9,11H2,1-5H3,(H,16,17,18). The Morgan fingerprint density at radius 3 is 2.45 bits per heavy atom. The molecule has 1 aromatic rings. The molecule has 1 rings (SSSR count). The van der Waals surface area contributed by atoms with Crippen LogP contribution in [0.5, 0.6) is 0 Å². The molecule has 0 aliphatic carbocycles. The zero-order valence-corrected chi connectivity index (χ0v) is 13.4. The Morgan fingerprint density at radius 2 is 1.90 bits per heavy atom. The first kappa shape index (κ1) is 16.7. The minimum atomic E-state index is 0.458. The number of rotatable bonds is 9. The molecule has 0 aromatic carbocycles. The number of hydrogen-bond acceptors (Lipinski definition) is 5. The van der Waals surface area contributed by atoms with Crippen molar-refractivity contribution in [3.8, 4) is 0 Å². The smallest absolute Gasteiger partial charge is 0.158 e. The van der Waals surface area contributed by atoms with Gasteiger partial charge in [0.2, 0.25) is 0 Å². The Bertz CT molecular complexity index is 393. The fourth-order valence-corrected chi connectivity index (χ4v) is 2.22. The number of nitrogens with zero attached hydrogens (tertiary/aromatic N) is 3. The van der Waals surface area contributed by atoms with E-state index in [1.807, 2.05) is 13.0 Å². The van der Waals surface area contributed by atoms with Crippen LogP contribution in [-0.4, -0.2) is 36.2 Å². The molecule has 0 aliphatic rings. The van der Waals surface area contributed by atoms with E-state index >= 15 is 0 Å². The first-order valence-corrected chi connectivity index (χ1v) is 7.58. The molecule has 5 heteroatoms. The van der Waals surface area contributed by atoms with Crippen LogP contribution in [0, 0.1) is 0 Å². The van der Waals surface area contributed by atoms with Crippen molar-refractivity contribution in [3.63, 3.8) is 0 Å². The summed E-state index contributed by atoms with van der Waals surface area (Å²) in [6.45, 7) is 10.4. The molecule has 20 heavy (non-hydrogen) atoms. The first-order valence-electron chi connectivity index (χ1n) is 7.58. The van der Waals surface area contributed by atoms with E-state index in [9.17, 15) is 0 Å². The lowest BCUT2D eigenvalue weighted by molar-refractivity contribution is 0.128. The van der Waals surface area contributed by atoms with E-state index in [0.717, 1.165) is 36.8 Å². The van der Waals surface area contributed by atoms with E-state index in [-0.39, 0.29) is 0 Å². The third-order valence-corrected chi connectivity index (χ3v) is 3.40. The molecule has 0 unspecified atom stereocenters. The Hall–Kier alpha value is -1.36. The number of aromatic nitrogens is 2. The lowest BCUT2D eigenvalue weighted by Crippen LogP contribution is -2.31. The van der Waals surface area contributed by atoms with Crippen molar-refractivity contribution in [2.75, 3.05) is 30.4 Å². The second kappa shape index (κ2) is 8.74. The van der Waals surface area contributed by atoms with Gasteiger partial charge in [0.05, 0.1) is 0 Å². The minimum absolute atomic E-state index is 0.458. The van der Waals surface area contributed by atoms with Gasteiger partial charge >= 0.3 is 0 Å². The molecule has 0 saturated carbocycles. The molecule has 0 radical (unpaired) electrons. The monoisotopic (exact) mass is 280 g/mol. The maximum absolute atomic E-state index is 5.43. The molecule has 5 nitrogen and oxygen atoms in total. The van der Waals surface area contributed by atoms with Gasteiger partial charge in [-0.15, -0.1) is 0 Å². The van der Waals surface area contributed by atoms with Gasteiger partial charge in [-0.25, -0.2) is 9.97 Å². The third kappa shape index (κ3) is 4.63. The highest BCUT2D eigenvalue weighted by Gasteiger charge is 2.14. The van der Waals surface area contributed by atoms with Crippen LogP contribution in [-0.2, 0) is 11.3 Å². The SMILES string of the molecule is CCNc1cc(N(C)C(CC)CC)nc(COCC)n1. The lowest BCUT2D eigenvalue weighted by atomic mass is 10.1. The van der Waals surface area contributed by atoms with Gasteiger partial charge in [0, 0.05) is 32.3 Å². The Kier molecular flexibility index (Phi) is 7.30. The topological polar surface area (TPSA) is 50.3 Å². The zero-order valence-electron chi connectivity index (χ0n) is 13.4. The van der Waals surface area contributed by atoms with Crippen molar-refractivity contribution in [3.05, 3.63) is 11.9 Å². The summed E-state index contributed by atoms with van der Waals surface area (Å²) >= 11 is 0. The van der Waals surface area contributed by atoms with Crippen LogP contribution in [0.3, 0.4) is 0 Å². The average Bonchev–Trinajstić information content (AvgIpc) is 2.46. The van der Waals surface area contributed by atoms with Crippen LogP contribution >= 0.6 is 0 Å². The number of nitrogens with one attached hydrogen (secondary N) is 1. The molecule has 1 heterocycles. The van der Waals surface area contributed by atoms with Crippen LogP contribution < -0.4 is 10.2 Å². The Morgan fingerprint density at radius 1 is 1.20 bits per heavy atom. The summed E-state index contributed by atoms with van der Waals surface area (Å²) in [6.07, 6.45) is 2.21. The van der Waals surface area contributed by atoms with Crippen molar-refractivity contribution in [1.82, 2.24) is 9.97 Å². The van der Waals surface area contributed by atoms with Crippen LogP contribution in [0.4, 0.5) is 11.6 Å². The van der Waals surface area contributed by atoms with Crippen molar-refractivity contribution in [2.24, 2.45) is 0 Å². The summed E-state index contributed by atoms with van der Waals surface area (Å²) in [5.41, 5.74) is 0.